The maximum absolute atomic E-state index is 12.8. The zero-order valence-electron chi connectivity index (χ0n) is 13.2. The van der Waals surface area contributed by atoms with E-state index in [9.17, 15) is 14.0 Å². The van der Waals surface area contributed by atoms with Gasteiger partial charge in [0, 0.05) is 0 Å². The monoisotopic (exact) mass is 342 g/mol. The van der Waals surface area contributed by atoms with Crippen molar-refractivity contribution in [2.75, 3.05) is 13.2 Å². The van der Waals surface area contributed by atoms with E-state index in [4.69, 9.17) is 9.47 Å². The molecule has 3 rings (SSSR count). The summed E-state index contributed by atoms with van der Waals surface area (Å²) in [6, 6.07) is 12.4. The number of carbonyl (C=O) groups is 1. The maximum Gasteiger partial charge on any atom is 0.326 e. The fourth-order valence-electron chi connectivity index (χ4n) is 2.25. The molecule has 0 radical (unpaired) electrons. The van der Waals surface area contributed by atoms with E-state index in [1.807, 2.05) is 0 Å². The highest BCUT2D eigenvalue weighted by Gasteiger charge is 2.09. The first-order chi connectivity index (χ1) is 12.1. The Labute approximate surface area is 142 Å². The Morgan fingerprint density at radius 2 is 1.84 bits per heavy atom. The number of esters is 1. The molecule has 2 aromatic carbocycles. The van der Waals surface area contributed by atoms with Crippen LogP contribution in [0.3, 0.4) is 0 Å². The fourth-order valence-corrected chi connectivity index (χ4v) is 2.25. The molecule has 0 N–H and O–H groups in total. The van der Waals surface area contributed by atoms with E-state index in [0.29, 0.717) is 16.7 Å². The van der Waals surface area contributed by atoms with Gasteiger partial charge in [0.15, 0.2) is 0 Å². The van der Waals surface area contributed by atoms with Gasteiger partial charge in [0.25, 0.3) is 5.56 Å². The molecule has 0 fully saturated rings. The molecule has 0 bridgehead atoms. The van der Waals surface area contributed by atoms with Gasteiger partial charge in [0.2, 0.25) is 0 Å². The van der Waals surface area contributed by atoms with Crippen molar-refractivity contribution in [2.24, 2.45) is 0 Å². The number of hydrogen-bond acceptors (Lipinski definition) is 5. The van der Waals surface area contributed by atoms with Crippen molar-refractivity contribution >= 4 is 16.9 Å². The van der Waals surface area contributed by atoms with Gasteiger partial charge < -0.3 is 9.47 Å². The van der Waals surface area contributed by atoms with Crippen LogP contribution in [0.15, 0.2) is 59.7 Å². The van der Waals surface area contributed by atoms with Crippen LogP contribution in [0.1, 0.15) is 0 Å². The molecular weight excluding hydrogens is 327 g/mol. The van der Waals surface area contributed by atoms with Crippen LogP contribution in [0.5, 0.6) is 5.75 Å². The van der Waals surface area contributed by atoms with Gasteiger partial charge in [-0.3, -0.25) is 14.2 Å². The van der Waals surface area contributed by atoms with E-state index in [1.165, 1.54) is 35.2 Å². The first-order valence-electron chi connectivity index (χ1n) is 7.61. The number of aromatic nitrogens is 2. The summed E-state index contributed by atoms with van der Waals surface area (Å²) in [5, 5.41) is 0.442. The summed E-state index contributed by atoms with van der Waals surface area (Å²) in [5.74, 6) is -0.442. The van der Waals surface area contributed by atoms with E-state index in [-0.39, 0.29) is 31.1 Å². The van der Waals surface area contributed by atoms with Crippen molar-refractivity contribution in [1.82, 2.24) is 9.55 Å². The van der Waals surface area contributed by atoms with Gasteiger partial charge in [0.1, 0.15) is 31.3 Å². The lowest BCUT2D eigenvalue weighted by molar-refractivity contribution is -0.145. The van der Waals surface area contributed by atoms with E-state index < -0.39 is 5.97 Å². The molecule has 0 aliphatic rings. The molecule has 25 heavy (non-hydrogen) atoms. The van der Waals surface area contributed by atoms with E-state index >= 15 is 0 Å². The number of para-hydroxylation sites is 1. The van der Waals surface area contributed by atoms with Crippen LogP contribution in [-0.2, 0) is 16.1 Å². The third-order valence-electron chi connectivity index (χ3n) is 3.46. The Bertz CT molecular complexity index is 938. The summed E-state index contributed by atoms with van der Waals surface area (Å²) in [5.41, 5.74) is 0.273. The van der Waals surface area contributed by atoms with Gasteiger partial charge in [0.05, 0.1) is 17.2 Å². The smallest absolute Gasteiger partial charge is 0.326 e. The van der Waals surface area contributed by atoms with Crippen molar-refractivity contribution in [1.29, 1.82) is 0 Å². The number of carbonyl (C=O) groups excluding carboxylic acids is 1. The van der Waals surface area contributed by atoms with Crippen LogP contribution in [-0.4, -0.2) is 28.7 Å². The van der Waals surface area contributed by atoms with Crippen molar-refractivity contribution in [3.8, 4) is 5.75 Å². The summed E-state index contributed by atoms with van der Waals surface area (Å²) >= 11 is 0. The summed E-state index contributed by atoms with van der Waals surface area (Å²) in [6.07, 6.45) is 1.32. The minimum Gasteiger partial charge on any atom is -0.490 e. The largest absolute Gasteiger partial charge is 0.490 e. The Balaban J connectivity index is 1.52. The Hall–Kier alpha value is -3.22. The SMILES string of the molecule is O=C(Cn1cnc2ccccc2c1=O)OCCOc1ccc(F)cc1. The van der Waals surface area contributed by atoms with Crippen molar-refractivity contribution in [2.45, 2.75) is 6.54 Å². The summed E-state index contributed by atoms with van der Waals surface area (Å²) in [4.78, 5) is 28.2. The molecule has 0 saturated heterocycles. The average molecular weight is 342 g/mol. The molecule has 0 atom stereocenters. The predicted octanol–water partition coefficient (Wildman–Crippen LogP) is 2.16. The third kappa shape index (κ3) is 4.20. The van der Waals surface area contributed by atoms with Crippen LogP contribution in [0.4, 0.5) is 4.39 Å². The Morgan fingerprint density at radius 3 is 2.64 bits per heavy atom. The number of halogens is 1. The molecule has 0 aliphatic heterocycles. The first kappa shape index (κ1) is 16.6. The van der Waals surface area contributed by atoms with E-state index in [1.54, 1.807) is 24.3 Å². The zero-order chi connectivity index (χ0) is 17.6. The Kier molecular flexibility index (Phi) is 5.03. The zero-order valence-corrected chi connectivity index (χ0v) is 13.2. The first-order valence-corrected chi connectivity index (χ1v) is 7.61. The van der Waals surface area contributed by atoms with Crippen molar-refractivity contribution < 1.29 is 18.7 Å². The summed E-state index contributed by atoms with van der Waals surface area (Å²) < 4.78 is 24.3. The van der Waals surface area contributed by atoms with Gasteiger partial charge in [-0.05, 0) is 36.4 Å². The highest BCUT2D eigenvalue weighted by Crippen LogP contribution is 2.10. The quantitative estimate of drug-likeness (QED) is 0.507. The predicted molar refractivity (Wildman–Crippen MR) is 88.9 cm³/mol. The molecular formula is C18H15FN2O4. The van der Waals surface area contributed by atoms with Gasteiger partial charge in [-0.25, -0.2) is 9.37 Å². The third-order valence-corrected chi connectivity index (χ3v) is 3.46. The number of fused-ring (bicyclic) bond motifs is 1. The van der Waals surface area contributed by atoms with E-state index in [0.717, 1.165) is 0 Å². The van der Waals surface area contributed by atoms with Gasteiger partial charge in [-0.1, -0.05) is 12.1 Å². The molecule has 7 heteroatoms. The standard InChI is InChI=1S/C18H15FN2O4/c19-13-5-7-14(8-6-13)24-9-10-25-17(22)11-21-12-20-16-4-2-1-3-15(16)18(21)23/h1-8,12H,9-11H2. The average Bonchev–Trinajstić information content (AvgIpc) is 2.63. The normalized spacial score (nSPS) is 10.6. The van der Waals surface area contributed by atoms with Crippen LogP contribution in [0.25, 0.3) is 10.9 Å². The second-order valence-corrected chi connectivity index (χ2v) is 5.22. The lowest BCUT2D eigenvalue weighted by Crippen LogP contribution is -2.26. The molecule has 0 amide bonds. The number of hydrogen-bond donors (Lipinski definition) is 0. The molecule has 0 aliphatic carbocycles. The maximum atomic E-state index is 12.8. The molecule has 128 valence electrons. The molecule has 0 spiro atoms. The fraction of sp³-hybridized carbons (Fsp3) is 0.167. The number of ether oxygens (including phenoxy) is 2. The molecule has 1 aromatic heterocycles. The Morgan fingerprint density at radius 1 is 1.08 bits per heavy atom. The lowest BCUT2D eigenvalue weighted by Gasteiger charge is -2.09. The second-order valence-electron chi connectivity index (χ2n) is 5.22. The minimum atomic E-state index is -0.568. The molecule has 3 aromatic rings. The van der Waals surface area contributed by atoms with Gasteiger partial charge >= 0.3 is 5.97 Å². The molecule has 0 unspecified atom stereocenters. The topological polar surface area (TPSA) is 70.4 Å². The molecule has 6 nitrogen and oxygen atoms in total. The molecule has 1 heterocycles. The minimum absolute atomic E-state index is 0.0198. The van der Waals surface area contributed by atoms with Crippen LogP contribution >= 0.6 is 0 Å². The highest BCUT2D eigenvalue weighted by atomic mass is 19.1. The van der Waals surface area contributed by atoms with Crippen LogP contribution in [0, 0.1) is 5.82 Å². The number of benzene rings is 2. The second kappa shape index (κ2) is 7.57. The van der Waals surface area contributed by atoms with Crippen LogP contribution < -0.4 is 10.3 Å². The van der Waals surface area contributed by atoms with Crippen molar-refractivity contribution in [3.63, 3.8) is 0 Å². The highest BCUT2D eigenvalue weighted by molar-refractivity contribution is 5.77. The van der Waals surface area contributed by atoms with Crippen LogP contribution in [0.2, 0.25) is 0 Å². The van der Waals surface area contributed by atoms with Gasteiger partial charge in [-0.15, -0.1) is 0 Å². The number of rotatable bonds is 6. The van der Waals surface area contributed by atoms with Gasteiger partial charge in [-0.2, -0.15) is 0 Å². The summed E-state index contributed by atoms with van der Waals surface area (Å²) in [7, 11) is 0. The van der Waals surface area contributed by atoms with E-state index in [2.05, 4.69) is 4.98 Å². The van der Waals surface area contributed by atoms with Crippen molar-refractivity contribution in [3.05, 3.63) is 71.0 Å². The lowest BCUT2D eigenvalue weighted by atomic mass is 10.2. The molecule has 0 saturated carbocycles. The summed E-state index contributed by atoms with van der Waals surface area (Å²) in [6.45, 7) is -0.0819. The number of nitrogens with zero attached hydrogens (tertiary/aromatic N) is 2.